The number of anilines is 2. The van der Waals surface area contributed by atoms with Gasteiger partial charge in [-0.2, -0.15) is 10.2 Å². The van der Waals surface area contributed by atoms with E-state index in [0.717, 1.165) is 65.9 Å². The van der Waals surface area contributed by atoms with Crippen LogP contribution in [0.1, 0.15) is 45.5 Å². The summed E-state index contributed by atoms with van der Waals surface area (Å²) in [4.78, 5) is 23.2. The van der Waals surface area contributed by atoms with E-state index in [-0.39, 0.29) is 6.04 Å². The highest BCUT2D eigenvalue weighted by Crippen LogP contribution is 2.36. The lowest BCUT2D eigenvalue weighted by atomic mass is 10.0. The van der Waals surface area contributed by atoms with Gasteiger partial charge in [-0.3, -0.25) is 9.69 Å². The molecule has 0 atom stereocenters. The van der Waals surface area contributed by atoms with E-state index in [9.17, 15) is 4.79 Å². The van der Waals surface area contributed by atoms with Gasteiger partial charge in [-0.25, -0.2) is 4.98 Å². The number of benzene rings is 3. The first-order chi connectivity index (χ1) is 20.8. The number of nitrogens with one attached hydrogen (secondary N) is 1. The molecule has 0 unspecified atom stereocenters. The highest BCUT2D eigenvalue weighted by molar-refractivity contribution is 5.92. The number of primary amides is 1. The van der Waals surface area contributed by atoms with Crippen LogP contribution >= 0.6 is 0 Å². The minimum atomic E-state index is -0.414. The van der Waals surface area contributed by atoms with Gasteiger partial charge in [0.2, 0.25) is 17.7 Å². The lowest BCUT2D eigenvalue weighted by Gasteiger charge is -2.32. The lowest BCUT2D eigenvalue weighted by Crippen LogP contribution is -2.39. The van der Waals surface area contributed by atoms with Gasteiger partial charge >= 0.3 is 0 Å². The molecule has 0 saturated carbocycles. The van der Waals surface area contributed by atoms with Crippen LogP contribution < -0.4 is 21.5 Å². The molecule has 1 aromatic heterocycles. The molecule has 1 fully saturated rings. The summed E-state index contributed by atoms with van der Waals surface area (Å²) < 4.78 is 6.50. The summed E-state index contributed by atoms with van der Waals surface area (Å²) in [5.74, 6) is 1.26. The molecule has 0 aliphatic carbocycles. The average molecular weight is 574 g/mol. The largest absolute Gasteiger partial charge is 0.438 e. The predicted molar refractivity (Wildman–Crippen MR) is 169 cm³/mol. The Morgan fingerprint density at radius 3 is 2.40 bits per heavy atom. The van der Waals surface area contributed by atoms with Crippen molar-refractivity contribution in [2.24, 2.45) is 5.73 Å². The van der Waals surface area contributed by atoms with Crippen LogP contribution in [0.25, 0.3) is 17.2 Å². The van der Waals surface area contributed by atoms with E-state index < -0.39 is 5.91 Å². The molecule has 218 valence electrons. The monoisotopic (exact) mass is 573 g/mol. The second kappa shape index (κ2) is 13.2. The maximum Gasteiger partial charge on any atom is 0.248 e. The molecule has 1 aliphatic rings. The summed E-state index contributed by atoms with van der Waals surface area (Å²) in [7, 11) is 0. The van der Waals surface area contributed by atoms with Crippen molar-refractivity contribution in [3.63, 3.8) is 0 Å². The number of allylic oxidation sites excluding steroid dienone is 1. The minimum Gasteiger partial charge on any atom is -0.438 e. The standard InChI is InChI=1S/C34H35N7O2/c1-22-18-25(4-3-15-35)19-23(2)31(22)43-33-30(26-9-11-28(36)12-10-26)20-38-34(40-33)39-29-13-16-41(17-14-29)21-24-5-7-27(8-6-24)32(37)42/h3-12,18-20,29H,13-14,16-17,21,36H2,1-2H3,(H2,37,42)(H,38,39,40)/b4-3+. The number of aryl methyl sites for hydroxylation is 2. The number of nitriles is 1. The second-order valence-electron chi connectivity index (χ2n) is 10.8. The minimum absolute atomic E-state index is 0.221. The van der Waals surface area contributed by atoms with Gasteiger partial charge in [-0.1, -0.05) is 24.3 Å². The number of nitrogen functional groups attached to an aromatic ring is 1. The molecule has 0 bridgehead atoms. The molecule has 5 N–H and O–H groups in total. The zero-order valence-corrected chi connectivity index (χ0v) is 24.4. The SMILES string of the molecule is Cc1cc(/C=C/C#N)cc(C)c1Oc1nc(NC2CCN(Cc3ccc(C(N)=O)cc3)CC2)ncc1-c1ccc(N)cc1. The molecule has 2 heterocycles. The number of piperidine rings is 1. The molecule has 9 heteroatoms. The van der Waals surface area contributed by atoms with Crippen LogP contribution in [0, 0.1) is 25.2 Å². The van der Waals surface area contributed by atoms with E-state index in [4.69, 9.17) is 26.5 Å². The molecule has 1 saturated heterocycles. The van der Waals surface area contributed by atoms with E-state index in [1.807, 2.05) is 68.4 Å². The third-order valence-electron chi connectivity index (χ3n) is 7.57. The summed E-state index contributed by atoms with van der Waals surface area (Å²) in [6.07, 6.45) is 6.91. The highest BCUT2D eigenvalue weighted by Gasteiger charge is 2.21. The van der Waals surface area contributed by atoms with Gasteiger partial charge in [0.15, 0.2) is 0 Å². The first-order valence-corrected chi connectivity index (χ1v) is 14.2. The first-order valence-electron chi connectivity index (χ1n) is 14.2. The summed E-state index contributed by atoms with van der Waals surface area (Å²) in [5.41, 5.74) is 18.1. The number of rotatable bonds is 9. The van der Waals surface area contributed by atoms with Crippen molar-refractivity contribution in [2.45, 2.75) is 39.3 Å². The molecule has 1 amide bonds. The number of ether oxygens (including phenoxy) is 1. The average Bonchev–Trinajstić information content (AvgIpc) is 3.00. The van der Waals surface area contributed by atoms with Gasteiger partial charge < -0.3 is 21.5 Å². The first kappa shape index (κ1) is 29.3. The highest BCUT2D eigenvalue weighted by atomic mass is 16.5. The Hall–Kier alpha value is -5.20. The van der Waals surface area contributed by atoms with Crippen molar-refractivity contribution in [3.8, 4) is 28.8 Å². The Bertz CT molecular complexity index is 1640. The fourth-order valence-electron chi connectivity index (χ4n) is 5.30. The third-order valence-corrected chi connectivity index (χ3v) is 7.57. The van der Waals surface area contributed by atoms with Gasteiger partial charge in [0.1, 0.15) is 5.75 Å². The van der Waals surface area contributed by atoms with Crippen LogP contribution in [0.2, 0.25) is 0 Å². The number of amides is 1. The molecule has 0 spiro atoms. The van der Waals surface area contributed by atoms with Crippen LogP contribution in [0.5, 0.6) is 11.6 Å². The number of hydrogen-bond donors (Lipinski definition) is 3. The topological polar surface area (TPSA) is 143 Å². The van der Waals surface area contributed by atoms with Crippen LogP contribution in [-0.2, 0) is 6.54 Å². The van der Waals surface area contributed by atoms with Crippen molar-refractivity contribution in [3.05, 3.63) is 101 Å². The quantitative estimate of drug-likeness (QED) is 0.167. The molecule has 4 aromatic rings. The number of hydrogen-bond acceptors (Lipinski definition) is 8. The summed E-state index contributed by atoms with van der Waals surface area (Å²) in [6.45, 7) is 6.63. The zero-order valence-electron chi connectivity index (χ0n) is 24.4. The van der Waals surface area contributed by atoms with Crippen LogP contribution in [0.15, 0.2) is 72.9 Å². The Labute approximate surface area is 251 Å². The van der Waals surface area contributed by atoms with Crippen molar-refractivity contribution >= 4 is 23.6 Å². The maximum absolute atomic E-state index is 11.3. The zero-order chi connectivity index (χ0) is 30.3. The van der Waals surface area contributed by atoms with Crippen LogP contribution in [0.4, 0.5) is 11.6 Å². The van der Waals surface area contributed by atoms with E-state index in [0.29, 0.717) is 28.8 Å². The normalized spacial score (nSPS) is 14.0. The van der Waals surface area contributed by atoms with E-state index in [1.165, 1.54) is 6.08 Å². The van der Waals surface area contributed by atoms with Crippen molar-refractivity contribution in [1.29, 1.82) is 5.26 Å². The summed E-state index contributed by atoms with van der Waals surface area (Å²) >= 11 is 0. The smallest absolute Gasteiger partial charge is 0.248 e. The Balaban J connectivity index is 1.32. The lowest BCUT2D eigenvalue weighted by molar-refractivity contribution is 0.1000. The Morgan fingerprint density at radius 1 is 1.09 bits per heavy atom. The Kier molecular flexibility index (Phi) is 8.99. The fourth-order valence-corrected chi connectivity index (χ4v) is 5.30. The number of carbonyl (C=O) groups is 1. The van der Waals surface area contributed by atoms with E-state index in [1.54, 1.807) is 24.4 Å². The molecule has 1 aliphatic heterocycles. The Morgan fingerprint density at radius 2 is 1.77 bits per heavy atom. The summed E-state index contributed by atoms with van der Waals surface area (Å²) in [6, 6.07) is 21.3. The van der Waals surface area contributed by atoms with Gasteiger partial charge in [-0.15, -0.1) is 0 Å². The number of aromatic nitrogens is 2. The number of likely N-dealkylation sites (tertiary alicyclic amines) is 1. The third kappa shape index (κ3) is 7.36. The van der Waals surface area contributed by atoms with Gasteiger partial charge in [0, 0.05) is 49.2 Å². The van der Waals surface area contributed by atoms with Gasteiger partial charge in [0.05, 0.1) is 11.6 Å². The van der Waals surface area contributed by atoms with Crippen molar-refractivity contribution in [2.75, 3.05) is 24.1 Å². The van der Waals surface area contributed by atoms with Gasteiger partial charge in [-0.05, 0) is 97.0 Å². The fraction of sp³-hybridized carbons (Fsp3) is 0.235. The number of carbonyl (C=O) groups excluding carboxylic acids is 1. The number of nitrogens with zero attached hydrogens (tertiary/aromatic N) is 4. The van der Waals surface area contributed by atoms with Gasteiger partial charge in [0.25, 0.3) is 0 Å². The molecule has 5 rings (SSSR count). The van der Waals surface area contributed by atoms with Crippen molar-refractivity contribution in [1.82, 2.24) is 14.9 Å². The number of nitrogens with two attached hydrogens (primary N) is 2. The van der Waals surface area contributed by atoms with Crippen molar-refractivity contribution < 1.29 is 9.53 Å². The molecule has 43 heavy (non-hydrogen) atoms. The van der Waals surface area contributed by atoms with Crippen LogP contribution in [-0.4, -0.2) is 39.9 Å². The molecule has 3 aromatic carbocycles. The summed E-state index contributed by atoms with van der Waals surface area (Å²) in [5, 5.41) is 12.4. The molecule has 9 nitrogen and oxygen atoms in total. The molecule has 0 radical (unpaired) electrons. The molecular weight excluding hydrogens is 538 g/mol. The maximum atomic E-state index is 11.3. The second-order valence-corrected chi connectivity index (χ2v) is 10.8. The molecular formula is C34H35N7O2. The van der Waals surface area contributed by atoms with E-state index >= 15 is 0 Å². The predicted octanol–water partition coefficient (Wildman–Crippen LogP) is 5.85. The van der Waals surface area contributed by atoms with E-state index in [2.05, 4.69) is 15.2 Å². The van der Waals surface area contributed by atoms with Crippen LogP contribution in [0.3, 0.4) is 0 Å².